The van der Waals surface area contributed by atoms with Gasteiger partial charge in [0.05, 0.1) is 16.6 Å². The zero-order valence-electron chi connectivity index (χ0n) is 18.3. The van der Waals surface area contributed by atoms with E-state index in [-0.39, 0.29) is 17.0 Å². The molecule has 172 valence electrons. The first-order valence-corrected chi connectivity index (χ1v) is 11.4. The average molecular weight is 463 g/mol. The normalized spacial score (nSPS) is 23.2. The Bertz CT molecular complexity index is 970. The third-order valence-electron chi connectivity index (χ3n) is 6.54. The topological polar surface area (TPSA) is 81.8 Å². The van der Waals surface area contributed by atoms with Gasteiger partial charge in [0, 0.05) is 44.5 Å². The van der Waals surface area contributed by atoms with Gasteiger partial charge in [0.25, 0.3) is 11.8 Å². The van der Waals surface area contributed by atoms with Gasteiger partial charge in [-0.15, -0.1) is 0 Å². The number of nitrogens with zero attached hydrogens (tertiary/aromatic N) is 2. The molecule has 1 saturated heterocycles. The Morgan fingerprint density at radius 1 is 1.19 bits per heavy atom. The molecule has 9 heteroatoms. The highest BCUT2D eigenvalue weighted by molar-refractivity contribution is 6.38. The summed E-state index contributed by atoms with van der Waals surface area (Å²) in [6, 6.07) is 4.21. The molecule has 32 heavy (non-hydrogen) atoms. The van der Waals surface area contributed by atoms with Crippen LogP contribution >= 0.6 is 11.6 Å². The van der Waals surface area contributed by atoms with Crippen molar-refractivity contribution in [2.24, 2.45) is 11.8 Å². The number of benzene rings is 1. The summed E-state index contributed by atoms with van der Waals surface area (Å²) in [5.74, 6) is -1.81. The summed E-state index contributed by atoms with van der Waals surface area (Å²) < 4.78 is 13.4. The van der Waals surface area contributed by atoms with E-state index in [1.165, 1.54) is 6.07 Å². The minimum atomic E-state index is -0.655. The Hall–Kier alpha value is -2.61. The molecular formula is C23H28ClFN4O3. The van der Waals surface area contributed by atoms with Gasteiger partial charge in [0.1, 0.15) is 5.82 Å². The van der Waals surface area contributed by atoms with E-state index in [0.717, 1.165) is 18.5 Å². The van der Waals surface area contributed by atoms with Gasteiger partial charge in [-0.2, -0.15) is 0 Å². The van der Waals surface area contributed by atoms with Crippen molar-refractivity contribution < 1.29 is 18.8 Å². The lowest BCUT2D eigenvalue weighted by molar-refractivity contribution is -0.146. The van der Waals surface area contributed by atoms with Gasteiger partial charge < -0.3 is 20.4 Å². The number of anilines is 1. The largest absolute Gasteiger partial charge is 0.377 e. The third kappa shape index (κ3) is 4.60. The van der Waals surface area contributed by atoms with Gasteiger partial charge >= 0.3 is 0 Å². The molecule has 0 bridgehead atoms. The molecule has 2 atom stereocenters. The summed E-state index contributed by atoms with van der Waals surface area (Å²) in [7, 11) is 0. The van der Waals surface area contributed by atoms with Crippen LogP contribution in [0.3, 0.4) is 0 Å². The summed E-state index contributed by atoms with van der Waals surface area (Å²) in [6.07, 6.45) is 2.28. The van der Waals surface area contributed by atoms with Gasteiger partial charge in [-0.05, 0) is 56.4 Å². The lowest BCUT2D eigenvalue weighted by atomic mass is 9.91. The Balaban J connectivity index is 1.37. The van der Waals surface area contributed by atoms with E-state index in [0.29, 0.717) is 49.9 Å². The fraction of sp³-hybridized carbons (Fsp3) is 0.522. The monoisotopic (exact) mass is 462 g/mol. The second kappa shape index (κ2) is 9.10. The first kappa shape index (κ1) is 22.6. The van der Waals surface area contributed by atoms with E-state index in [4.69, 9.17) is 11.6 Å². The maximum absolute atomic E-state index is 13.4. The summed E-state index contributed by atoms with van der Waals surface area (Å²) in [6.45, 7) is 6.00. The molecule has 2 aliphatic heterocycles. The number of amides is 2. The van der Waals surface area contributed by atoms with Gasteiger partial charge in [-0.1, -0.05) is 11.6 Å². The van der Waals surface area contributed by atoms with Crippen LogP contribution in [-0.2, 0) is 14.4 Å². The molecule has 2 heterocycles. The fourth-order valence-corrected chi connectivity index (χ4v) is 4.58. The number of piperazine rings is 1. The van der Waals surface area contributed by atoms with Crippen LogP contribution < -0.4 is 15.5 Å². The quantitative estimate of drug-likeness (QED) is 0.633. The Kier molecular flexibility index (Phi) is 6.42. The van der Waals surface area contributed by atoms with Crippen molar-refractivity contribution in [2.45, 2.75) is 32.7 Å². The zero-order valence-corrected chi connectivity index (χ0v) is 19.0. The van der Waals surface area contributed by atoms with Gasteiger partial charge in [-0.3, -0.25) is 14.4 Å². The highest BCUT2D eigenvalue weighted by Gasteiger charge is 2.41. The molecule has 4 rings (SSSR count). The minimum absolute atomic E-state index is 0.0538. The highest BCUT2D eigenvalue weighted by Crippen LogP contribution is 2.30. The maximum Gasteiger partial charge on any atom is 0.290 e. The molecule has 2 N–H and O–H groups in total. The van der Waals surface area contributed by atoms with Crippen molar-refractivity contribution in [3.05, 3.63) is 40.3 Å². The van der Waals surface area contributed by atoms with Gasteiger partial charge in [-0.25, -0.2) is 4.39 Å². The Morgan fingerprint density at radius 3 is 2.50 bits per heavy atom. The average Bonchev–Trinajstić information content (AvgIpc) is 3.57. The van der Waals surface area contributed by atoms with E-state index >= 15 is 0 Å². The molecule has 3 aliphatic rings. The number of nitrogens with one attached hydrogen (secondary N) is 2. The molecular weight excluding hydrogens is 435 g/mol. The van der Waals surface area contributed by atoms with E-state index in [2.05, 4.69) is 10.6 Å². The van der Waals surface area contributed by atoms with Crippen molar-refractivity contribution in [2.75, 3.05) is 37.6 Å². The van der Waals surface area contributed by atoms with Crippen molar-refractivity contribution >= 4 is 34.9 Å². The van der Waals surface area contributed by atoms with Crippen molar-refractivity contribution in [1.29, 1.82) is 0 Å². The number of Topliss-reactive ketones (excluding diaryl/α,β-unsaturated/α-hetero) is 1. The van der Waals surface area contributed by atoms with Crippen molar-refractivity contribution in [1.82, 2.24) is 15.5 Å². The van der Waals surface area contributed by atoms with E-state index in [1.807, 2.05) is 11.8 Å². The van der Waals surface area contributed by atoms with E-state index < -0.39 is 23.4 Å². The Labute approximate surface area is 192 Å². The van der Waals surface area contributed by atoms with Crippen LogP contribution in [0.5, 0.6) is 0 Å². The predicted octanol–water partition coefficient (Wildman–Crippen LogP) is 2.10. The molecule has 2 fully saturated rings. The zero-order chi connectivity index (χ0) is 23.0. The minimum Gasteiger partial charge on any atom is -0.377 e. The number of hydrogen-bond acceptors (Lipinski definition) is 5. The summed E-state index contributed by atoms with van der Waals surface area (Å²) in [5, 5.41) is 6.07. The first-order valence-electron chi connectivity index (χ1n) is 11.0. The fourth-order valence-electron chi connectivity index (χ4n) is 4.41. The predicted molar refractivity (Wildman–Crippen MR) is 120 cm³/mol. The van der Waals surface area contributed by atoms with Gasteiger partial charge in [0.15, 0.2) is 0 Å². The molecule has 1 aromatic rings. The number of carbonyl (C=O) groups excluding carboxylic acids is 3. The van der Waals surface area contributed by atoms with Crippen LogP contribution in [0.25, 0.3) is 0 Å². The van der Waals surface area contributed by atoms with Crippen LogP contribution in [0, 0.1) is 17.7 Å². The number of carbonyl (C=O) groups is 3. The summed E-state index contributed by atoms with van der Waals surface area (Å²) >= 11 is 5.88. The second-order valence-electron chi connectivity index (χ2n) is 8.86. The first-order chi connectivity index (χ1) is 15.3. The van der Waals surface area contributed by atoms with Crippen LogP contribution in [0.4, 0.5) is 10.1 Å². The molecule has 0 spiro atoms. The van der Waals surface area contributed by atoms with Gasteiger partial charge in [0.2, 0.25) is 5.78 Å². The molecule has 0 aromatic heterocycles. The number of rotatable bonds is 6. The smallest absolute Gasteiger partial charge is 0.290 e. The standard InChI is InChI=1S/C23H28ClFN4O3/c1-13-19(14(2)27-20(13)22(31)26-12-15-3-4-15)21(30)23(32)29-9-7-28(8-10-29)16-5-6-18(25)17(24)11-16/h5-6,11,14-15,19,27H,3-4,7-10,12H2,1-2H3,(H,26,31). The number of hydrogen-bond donors (Lipinski definition) is 2. The lowest BCUT2D eigenvalue weighted by Gasteiger charge is -2.36. The summed E-state index contributed by atoms with van der Waals surface area (Å²) in [4.78, 5) is 42.1. The van der Waals surface area contributed by atoms with Crippen molar-refractivity contribution in [3.63, 3.8) is 0 Å². The molecule has 1 aliphatic carbocycles. The second-order valence-corrected chi connectivity index (χ2v) is 9.27. The molecule has 7 nitrogen and oxygen atoms in total. The molecule has 1 saturated carbocycles. The lowest BCUT2D eigenvalue weighted by Crippen LogP contribution is -2.52. The third-order valence-corrected chi connectivity index (χ3v) is 6.83. The van der Waals surface area contributed by atoms with E-state index in [9.17, 15) is 18.8 Å². The number of halogens is 2. The molecule has 2 amide bonds. The van der Waals surface area contributed by atoms with Crippen LogP contribution in [0.2, 0.25) is 5.02 Å². The highest BCUT2D eigenvalue weighted by atomic mass is 35.5. The molecule has 1 aromatic carbocycles. The maximum atomic E-state index is 13.4. The van der Waals surface area contributed by atoms with Crippen LogP contribution in [0.15, 0.2) is 29.5 Å². The van der Waals surface area contributed by atoms with Crippen LogP contribution in [-0.4, -0.2) is 61.3 Å². The van der Waals surface area contributed by atoms with Crippen molar-refractivity contribution in [3.8, 4) is 0 Å². The number of ketones is 1. The molecule has 2 unspecified atom stereocenters. The van der Waals surface area contributed by atoms with E-state index in [1.54, 1.807) is 24.0 Å². The molecule has 0 radical (unpaired) electrons. The Morgan fingerprint density at radius 2 is 1.88 bits per heavy atom. The van der Waals surface area contributed by atoms with Crippen LogP contribution in [0.1, 0.15) is 26.7 Å². The SMILES string of the molecule is CC1=C(C(=O)NCC2CC2)NC(C)C1C(=O)C(=O)N1CCN(c2ccc(F)c(Cl)c2)CC1. The summed E-state index contributed by atoms with van der Waals surface area (Å²) in [5.41, 5.74) is 1.80.